The third-order valence-corrected chi connectivity index (χ3v) is 3.97. The lowest BCUT2D eigenvalue weighted by Crippen LogP contribution is -2.49. The lowest BCUT2D eigenvalue weighted by atomic mass is 10.1. The highest BCUT2D eigenvalue weighted by molar-refractivity contribution is 7.98. The molecule has 1 N–H and O–H groups in total. The van der Waals surface area contributed by atoms with Crippen LogP contribution in [0, 0.1) is 0 Å². The quantitative estimate of drug-likeness (QED) is 0.792. The molecule has 0 aromatic carbocycles. The Balaban J connectivity index is 2.29. The SMILES string of the molecule is CSCCC(C)NC(C)C(=O)N1CCCCC1. The molecule has 1 rings (SSSR count). The normalized spacial score (nSPS) is 20.1. The maximum atomic E-state index is 12.2. The standard InChI is InChI=1S/C13H26N2OS/c1-11(7-10-17-3)14-12(2)13(16)15-8-5-4-6-9-15/h11-12,14H,4-10H2,1-3H3. The van der Waals surface area contributed by atoms with Gasteiger partial charge in [0.15, 0.2) is 0 Å². The zero-order valence-corrected chi connectivity index (χ0v) is 12.2. The van der Waals surface area contributed by atoms with E-state index in [1.54, 1.807) is 0 Å². The van der Waals surface area contributed by atoms with Crippen LogP contribution in [0.4, 0.5) is 0 Å². The number of rotatable bonds is 6. The summed E-state index contributed by atoms with van der Waals surface area (Å²) in [5, 5.41) is 3.41. The van der Waals surface area contributed by atoms with Crippen LogP contribution in [-0.2, 0) is 4.79 Å². The molecule has 1 amide bonds. The van der Waals surface area contributed by atoms with Crippen molar-refractivity contribution in [3.05, 3.63) is 0 Å². The van der Waals surface area contributed by atoms with Crippen molar-refractivity contribution in [1.82, 2.24) is 10.2 Å². The predicted octanol–water partition coefficient (Wildman–Crippen LogP) is 2.12. The topological polar surface area (TPSA) is 32.3 Å². The van der Waals surface area contributed by atoms with Gasteiger partial charge in [0, 0.05) is 19.1 Å². The number of amides is 1. The molecule has 4 heteroatoms. The van der Waals surface area contributed by atoms with Gasteiger partial charge < -0.3 is 10.2 Å². The summed E-state index contributed by atoms with van der Waals surface area (Å²) in [4.78, 5) is 14.2. The average Bonchev–Trinajstić information content (AvgIpc) is 2.36. The summed E-state index contributed by atoms with van der Waals surface area (Å²) < 4.78 is 0. The lowest BCUT2D eigenvalue weighted by Gasteiger charge is -2.30. The van der Waals surface area contributed by atoms with E-state index in [-0.39, 0.29) is 11.9 Å². The Bertz CT molecular complexity index is 229. The Morgan fingerprint density at radius 3 is 2.53 bits per heavy atom. The van der Waals surface area contributed by atoms with Crippen LogP contribution in [0.25, 0.3) is 0 Å². The molecular formula is C13H26N2OS. The largest absolute Gasteiger partial charge is 0.341 e. The third-order valence-electron chi connectivity index (χ3n) is 3.33. The van der Waals surface area contributed by atoms with Crippen LogP contribution in [-0.4, -0.2) is 48.0 Å². The van der Waals surface area contributed by atoms with Crippen LogP contribution in [0.5, 0.6) is 0 Å². The van der Waals surface area contributed by atoms with Crippen LogP contribution in [0.1, 0.15) is 39.5 Å². The molecule has 0 aromatic rings. The molecule has 0 aliphatic carbocycles. The fourth-order valence-corrected chi connectivity index (χ4v) is 2.85. The van der Waals surface area contributed by atoms with Crippen molar-refractivity contribution in [2.45, 2.75) is 51.6 Å². The van der Waals surface area contributed by atoms with Crippen molar-refractivity contribution >= 4 is 17.7 Å². The van der Waals surface area contributed by atoms with Gasteiger partial charge in [-0.15, -0.1) is 0 Å². The number of carbonyl (C=O) groups is 1. The van der Waals surface area contributed by atoms with E-state index in [1.807, 2.05) is 23.6 Å². The van der Waals surface area contributed by atoms with Gasteiger partial charge in [0.1, 0.15) is 0 Å². The second-order valence-corrected chi connectivity index (χ2v) is 5.94. The number of hydrogen-bond acceptors (Lipinski definition) is 3. The van der Waals surface area contributed by atoms with Crippen LogP contribution < -0.4 is 5.32 Å². The molecule has 1 saturated heterocycles. The van der Waals surface area contributed by atoms with Crippen molar-refractivity contribution in [1.29, 1.82) is 0 Å². The van der Waals surface area contributed by atoms with Gasteiger partial charge in [-0.3, -0.25) is 4.79 Å². The van der Waals surface area contributed by atoms with Crippen molar-refractivity contribution in [3.63, 3.8) is 0 Å². The molecule has 3 nitrogen and oxygen atoms in total. The highest BCUT2D eigenvalue weighted by Gasteiger charge is 2.22. The number of likely N-dealkylation sites (tertiary alicyclic amines) is 1. The fourth-order valence-electron chi connectivity index (χ4n) is 2.26. The first kappa shape index (κ1) is 14.8. The van der Waals surface area contributed by atoms with Crippen LogP contribution >= 0.6 is 11.8 Å². The molecule has 0 aromatic heterocycles. The lowest BCUT2D eigenvalue weighted by molar-refractivity contribution is -0.134. The van der Waals surface area contributed by atoms with E-state index in [0.717, 1.165) is 25.3 Å². The molecule has 100 valence electrons. The van der Waals surface area contributed by atoms with Gasteiger partial charge in [-0.05, 0) is 51.5 Å². The monoisotopic (exact) mass is 258 g/mol. The molecular weight excluding hydrogens is 232 g/mol. The second kappa shape index (κ2) is 7.98. The van der Waals surface area contributed by atoms with Gasteiger partial charge >= 0.3 is 0 Å². The summed E-state index contributed by atoms with van der Waals surface area (Å²) >= 11 is 1.86. The number of hydrogen-bond donors (Lipinski definition) is 1. The summed E-state index contributed by atoms with van der Waals surface area (Å²) in [6, 6.07) is 0.385. The summed E-state index contributed by atoms with van der Waals surface area (Å²) in [5.41, 5.74) is 0. The predicted molar refractivity (Wildman–Crippen MR) is 75.5 cm³/mol. The van der Waals surface area contributed by atoms with Gasteiger partial charge in [-0.1, -0.05) is 0 Å². The van der Waals surface area contributed by atoms with Crippen molar-refractivity contribution < 1.29 is 4.79 Å². The first-order valence-electron chi connectivity index (χ1n) is 6.69. The average molecular weight is 258 g/mol. The fraction of sp³-hybridized carbons (Fsp3) is 0.923. The summed E-state index contributed by atoms with van der Waals surface area (Å²) in [6.07, 6.45) is 6.85. The molecule has 0 saturated carbocycles. The Labute approximate surface area is 110 Å². The molecule has 1 fully saturated rings. The van der Waals surface area contributed by atoms with E-state index in [9.17, 15) is 4.79 Å². The van der Waals surface area contributed by atoms with Crippen LogP contribution in [0.3, 0.4) is 0 Å². The van der Waals surface area contributed by atoms with Crippen LogP contribution in [0.2, 0.25) is 0 Å². The smallest absolute Gasteiger partial charge is 0.239 e. The van der Waals surface area contributed by atoms with E-state index in [2.05, 4.69) is 18.5 Å². The summed E-state index contributed by atoms with van der Waals surface area (Å²) in [6.45, 7) is 6.05. The van der Waals surface area contributed by atoms with Crippen LogP contribution in [0.15, 0.2) is 0 Å². The number of nitrogens with zero attached hydrogens (tertiary/aromatic N) is 1. The first-order chi connectivity index (χ1) is 8.15. The Morgan fingerprint density at radius 2 is 1.94 bits per heavy atom. The van der Waals surface area contributed by atoms with Gasteiger partial charge in [-0.25, -0.2) is 0 Å². The number of nitrogens with one attached hydrogen (secondary N) is 1. The molecule has 1 aliphatic heterocycles. The van der Waals surface area contributed by atoms with Gasteiger partial charge in [0.25, 0.3) is 0 Å². The number of thioether (sulfide) groups is 1. The molecule has 0 radical (unpaired) electrons. The van der Waals surface area contributed by atoms with Gasteiger partial charge in [0.05, 0.1) is 6.04 Å². The van der Waals surface area contributed by atoms with Gasteiger partial charge in [0.2, 0.25) is 5.91 Å². The Morgan fingerprint density at radius 1 is 1.29 bits per heavy atom. The van der Waals surface area contributed by atoms with E-state index >= 15 is 0 Å². The minimum Gasteiger partial charge on any atom is -0.341 e. The van der Waals surface area contributed by atoms with Gasteiger partial charge in [-0.2, -0.15) is 11.8 Å². The zero-order valence-electron chi connectivity index (χ0n) is 11.4. The van der Waals surface area contributed by atoms with E-state index < -0.39 is 0 Å². The molecule has 2 atom stereocenters. The molecule has 1 heterocycles. The van der Waals surface area contributed by atoms with Crippen molar-refractivity contribution in [2.75, 3.05) is 25.1 Å². The molecule has 1 aliphatic rings. The van der Waals surface area contributed by atoms with E-state index in [1.165, 1.54) is 19.3 Å². The first-order valence-corrected chi connectivity index (χ1v) is 8.08. The van der Waals surface area contributed by atoms with E-state index in [0.29, 0.717) is 6.04 Å². The molecule has 0 bridgehead atoms. The second-order valence-electron chi connectivity index (χ2n) is 4.96. The minimum atomic E-state index is -0.0371. The zero-order chi connectivity index (χ0) is 12.7. The minimum absolute atomic E-state index is 0.0371. The maximum Gasteiger partial charge on any atom is 0.239 e. The molecule has 2 unspecified atom stereocenters. The molecule has 0 spiro atoms. The van der Waals surface area contributed by atoms with Crippen molar-refractivity contribution in [3.8, 4) is 0 Å². The third kappa shape index (κ3) is 5.30. The Hall–Kier alpha value is -0.220. The Kier molecular flexibility index (Phi) is 6.97. The van der Waals surface area contributed by atoms with Crippen molar-refractivity contribution in [2.24, 2.45) is 0 Å². The maximum absolute atomic E-state index is 12.2. The molecule has 17 heavy (non-hydrogen) atoms. The van der Waals surface area contributed by atoms with E-state index in [4.69, 9.17) is 0 Å². The number of carbonyl (C=O) groups excluding carboxylic acids is 1. The summed E-state index contributed by atoms with van der Waals surface area (Å²) in [7, 11) is 0. The number of piperidine rings is 1. The highest BCUT2D eigenvalue weighted by atomic mass is 32.2. The highest BCUT2D eigenvalue weighted by Crippen LogP contribution is 2.10. The summed E-state index contributed by atoms with van der Waals surface area (Å²) in [5.74, 6) is 1.43.